The third-order valence-corrected chi connectivity index (χ3v) is 8.72. The maximum absolute atomic E-state index is 14.0. The number of hydrogen-bond donors (Lipinski definition) is 5. The van der Waals surface area contributed by atoms with Crippen LogP contribution in [-0.4, -0.2) is 87.0 Å². The van der Waals surface area contributed by atoms with E-state index in [1.807, 2.05) is 31.3 Å². The minimum absolute atomic E-state index is 0.0612. The van der Waals surface area contributed by atoms with Gasteiger partial charge in [0.25, 0.3) is 5.91 Å². The molecule has 1 saturated carbocycles. The molecule has 0 unspecified atom stereocenters. The van der Waals surface area contributed by atoms with Crippen molar-refractivity contribution in [2.75, 3.05) is 27.7 Å². The molecule has 218 valence electrons. The molecule has 3 aliphatic rings. The van der Waals surface area contributed by atoms with E-state index in [0.29, 0.717) is 23.4 Å². The van der Waals surface area contributed by atoms with Crippen LogP contribution in [0, 0.1) is 17.8 Å². The van der Waals surface area contributed by atoms with E-state index in [-0.39, 0.29) is 29.7 Å². The fourth-order valence-electron chi connectivity index (χ4n) is 7.16. The van der Waals surface area contributed by atoms with Crippen LogP contribution in [0.25, 0.3) is 16.5 Å². The number of carbonyl (C=O) groups is 3. The maximum Gasteiger partial charge on any atom is 0.255 e. The molecule has 0 aliphatic heterocycles. The van der Waals surface area contributed by atoms with Crippen LogP contribution in [0.15, 0.2) is 41.2 Å². The minimum Gasteiger partial charge on any atom is -0.508 e. The van der Waals surface area contributed by atoms with E-state index in [0.717, 1.165) is 17.5 Å². The molecule has 3 aliphatic carbocycles. The zero-order valence-electron chi connectivity index (χ0n) is 23.9. The molecule has 10 nitrogen and oxygen atoms in total. The van der Waals surface area contributed by atoms with Crippen LogP contribution in [0.5, 0.6) is 5.75 Å². The number of ketones is 2. The van der Waals surface area contributed by atoms with Crippen LogP contribution in [0.3, 0.4) is 0 Å². The summed E-state index contributed by atoms with van der Waals surface area (Å²) in [6.07, 6.45) is 0.322. The standard InChI is InChI=1S/C31H37N3O7/c1-14(2)12-34(5)13-15-6-7-16-9-17-10-18-11-20-24(33(3)4)27(37)23(30(32)40)29(39)31(20,41)28(38)22(18)26(36)21(17)25(35)19(16)8-15/h6-9,14,18,20,24,35-36,39,41H,10-13H2,1-5H3,(H2,32,40)/t18-,20-,24-,31-/m0/s1. The van der Waals surface area contributed by atoms with Crippen LogP contribution in [0.4, 0.5) is 0 Å². The molecule has 2 aromatic rings. The number of hydrogen-bond acceptors (Lipinski definition) is 9. The van der Waals surface area contributed by atoms with Crippen LogP contribution in [-0.2, 0) is 27.3 Å². The SMILES string of the molecule is CC(C)CN(C)Cc1ccc2cc3c(c(O)c2c1)C(O)=C1C(=O)[C@]2(O)C(O)=C(C(N)=O)C(=O)[C@@H](N(C)C)[C@@H]2C[C@@H]1C3. The summed E-state index contributed by atoms with van der Waals surface area (Å²) in [7, 11) is 5.17. The number of aliphatic hydroxyl groups excluding tert-OH is 2. The lowest BCUT2D eigenvalue weighted by Crippen LogP contribution is -2.65. The second-order valence-electron chi connectivity index (χ2n) is 12.4. The first-order valence-corrected chi connectivity index (χ1v) is 13.8. The second-order valence-corrected chi connectivity index (χ2v) is 12.4. The summed E-state index contributed by atoms with van der Waals surface area (Å²) >= 11 is 0. The number of amides is 1. The Morgan fingerprint density at radius 1 is 1.12 bits per heavy atom. The zero-order valence-corrected chi connectivity index (χ0v) is 23.9. The Balaban J connectivity index is 1.65. The molecule has 0 radical (unpaired) electrons. The Morgan fingerprint density at radius 2 is 1.80 bits per heavy atom. The van der Waals surface area contributed by atoms with Gasteiger partial charge in [0.15, 0.2) is 11.4 Å². The van der Waals surface area contributed by atoms with Crippen LogP contribution >= 0.6 is 0 Å². The molecule has 5 rings (SSSR count). The molecule has 0 heterocycles. The van der Waals surface area contributed by atoms with Crippen molar-refractivity contribution >= 4 is 34.0 Å². The number of Topliss-reactive ketones (excluding diaryl/α,β-unsaturated/α-hetero) is 2. The Hall–Kier alpha value is -3.73. The fourth-order valence-corrected chi connectivity index (χ4v) is 7.16. The van der Waals surface area contributed by atoms with Gasteiger partial charge in [-0.25, -0.2) is 0 Å². The van der Waals surface area contributed by atoms with Crippen LogP contribution in [0.1, 0.15) is 37.0 Å². The summed E-state index contributed by atoms with van der Waals surface area (Å²) in [5, 5.41) is 46.9. The van der Waals surface area contributed by atoms with Crippen molar-refractivity contribution in [2.45, 2.75) is 44.9 Å². The maximum atomic E-state index is 14.0. The first kappa shape index (κ1) is 28.8. The Morgan fingerprint density at radius 3 is 2.41 bits per heavy atom. The van der Waals surface area contributed by atoms with E-state index in [9.17, 15) is 34.8 Å². The number of carbonyl (C=O) groups excluding carboxylic acids is 3. The Bertz CT molecular complexity index is 1560. The lowest BCUT2D eigenvalue weighted by molar-refractivity contribution is -0.153. The Labute approximate surface area is 238 Å². The average molecular weight is 564 g/mol. The third-order valence-electron chi connectivity index (χ3n) is 8.72. The zero-order chi connectivity index (χ0) is 30.1. The summed E-state index contributed by atoms with van der Waals surface area (Å²) in [5.74, 6) is -6.00. The van der Waals surface area contributed by atoms with Crippen LogP contribution in [0.2, 0.25) is 0 Å². The smallest absolute Gasteiger partial charge is 0.255 e. The summed E-state index contributed by atoms with van der Waals surface area (Å²) in [6, 6.07) is 6.55. The van der Waals surface area contributed by atoms with Gasteiger partial charge in [0, 0.05) is 30.0 Å². The normalized spacial score (nSPS) is 26.2. The molecule has 2 aromatic carbocycles. The first-order valence-electron chi connectivity index (χ1n) is 13.8. The van der Waals surface area contributed by atoms with E-state index in [1.165, 1.54) is 4.90 Å². The fraction of sp³-hybridized carbons (Fsp3) is 0.452. The predicted molar refractivity (Wildman–Crippen MR) is 153 cm³/mol. The number of nitrogens with two attached hydrogens (primary N) is 1. The Kier molecular flexibility index (Phi) is 7.00. The highest BCUT2D eigenvalue weighted by molar-refractivity contribution is 6.24. The van der Waals surface area contributed by atoms with Crippen molar-refractivity contribution in [2.24, 2.45) is 23.5 Å². The number of rotatable bonds is 6. The van der Waals surface area contributed by atoms with Gasteiger partial charge in [-0.1, -0.05) is 32.0 Å². The molecule has 0 aromatic heterocycles. The second kappa shape index (κ2) is 9.97. The van der Waals surface area contributed by atoms with Gasteiger partial charge in [-0.2, -0.15) is 0 Å². The van der Waals surface area contributed by atoms with Crippen molar-refractivity contribution in [1.29, 1.82) is 0 Å². The molecule has 0 saturated heterocycles. The molecule has 41 heavy (non-hydrogen) atoms. The largest absolute Gasteiger partial charge is 0.508 e. The number of aromatic hydroxyl groups is 1. The number of aliphatic hydroxyl groups is 3. The summed E-state index contributed by atoms with van der Waals surface area (Å²) in [5.41, 5.74) is 3.46. The van der Waals surface area contributed by atoms with Crippen molar-refractivity contribution < 1.29 is 34.8 Å². The number of phenolic OH excluding ortho intramolecular Hbond substituents is 1. The van der Waals surface area contributed by atoms with E-state index in [1.54, 1.807) is 14.1 Å². The van der Waals surface area contributed by atoms with Crippen molar-refractivity contribution in [3.8, 4) is 5.75 Å². The molecule has 6 N–H and O–H groups in total. The number of phenols is 1. The summed E-state index contributed by atoms with van der Waals surface area (Å²) in [6.45, 7) is 5.83. The van der Waals surface area contributed by atoms with Crippen molar-refractivity contribution in [1.82, 2.24) is 9.80 Å². The number of fused-ring (bicyclic) bond motifs is 4. The molecular formula is C31H37N3O7. The first-order chi connectivity index (χ1) is 19.2. The van der Waals surface area contributed by atoms with E-state index < -0.39 is 58.0 Å². The lowest BCUT2D eigenvalue weighted by Gasteiger charge is -2.50. The highest BCUT2D eigenvalue weighted by atomic mass is 16.3. The lowest BCUT2D eigenvalue weighted by atomic mass is 9.57. The minimum atomic E-state index is -2.65. The highest BCUT2D eigenvalue weighted by Gasteiger charge is 2.64. The van der Waals surface area contributed by atoms with Gasteiger partial charge < -0.3 is 31.1 Å². The van der Waals surface area contributed by atoms with Gasteiger partial charge in [0.2, 0.25) is 5.78 Å². The molecule has 10 heteroatoms. The average Bonchev–Trinajstić information content (AvgIpc) is 2.85. The summed E-state index contributed by atoms with van der Waals surface area (Å²) < 4.78 is 0. The van der Waals surface area contributed by atoms with Crippen molar-refractivity contribution in [3.63, 3.8) is 0 Å². The number of nitrogens with zero attached hydrogens (tertiary/aromatic N) is 2. The highest BCUT2D eigenvalue weighted by Crippen LogP contribution is 2.53. The quantitative estimate of drug-likeness (QED) is 0.331. The molecule has 0 spiro atoms. The number of benzene rings is 2. The predicted octanol–water partition coefficient (Wildman–Crippen LogP) is 2.20. The van der Waals surface area contributed by atoms with E-state index in [2.05, 4.69) is 18.7 Å². The number of primary amides is 1. The van der Waals surface area contributed by atoms with Gasteiger partial charge in [-0.05, 0) is 68.4 Å². The summed E-state index contributed by atoms with van der Waals surface area (Å²) in [4.78, 5) is 43.0. The van der Waals surface area contributed by atoms with Gasteiger partial charge in [-0.3, -0.25) is 19.3 Å². The molecule has 1 amide bonds. The van der Waals surface area contributed by atoms with Crippen molar-refractivity contribution in [3.05, 3.63) is 57.9 Å². The van der Waals surface area contributed by atoms with Crippen LogP contribution < -0.4 is 5.73 Å². The molecule has 4 atom stereocenters. The molecular weight excluding hydrogens is 526 g/mol. The van der Waals surface area contributed by atoms with Gasteiger partial charge in [0.1, 0.15) is 22.8 Å². The monoisotopic (exact) mass is 563 g/mol. The molecule has 1 fully saturated rings. The number of likely N-dealkylation sites (N-methyl/N-ethyl adjacent to an activating group) is 1. The van der Waals surface area contributed by atoms with E-state index in [4.69, 9.17) is 5.73 Å². The molecule has 0 bridgehead atoms. The third kappa shape index (κ3) is 4.32. The topological polar surface area (TPSA) is 165 Å². The van der Waals surface area contributed by atoms with Gasteiger partial charge >= 0.3 is 0 Å². The van der Waals surface area contributed by atoms with E-state index >= 15 is 0 Å². The van der Waals surface area contributed by atoms with Gasteiger partial charge in [-0.15, -0.1) is 0 Å². The van der Waals surface area contributed by atoms with Gasteiger partial charge in [0.05, 0.1) is 11.6 Å².